The fraction of sp³-hybridized carbons (Fsp3) is 0.333. The van der Waals surface area contributed by atoms with Crippen molar-refractivity contribution in [3.05, 3.63) is 64.5 Å². The first kappa shape index (κ1) is 18.0. The molecule has 2 heterocycles. The van der Waals surface area contributed by atoms with Crippen LogP contribution in [0.15, 0.2) is 46.9 Å². The van der Waals surface area contributed by atoms with Gasteiger partial charge in [0.25, 0.3) is 0 Å². The molecule has 3 aromatic rings. The van der Waals surface area contributed by atoms with E-state index in [4.69, 9.17) is 16.0 Å². The van der Waals surface area contributed by atoms with Crippen molar-refractivity contribution in [2.75, 3.05) is 31.1 Å². The molecule has 0 bridgehead atoms. The van der Waals surface area contributed by atoms with Crippen LogP contribution in [-0.2, 0) is 6.54 Å². The predicted molar refractivity (Wildman–Crippen MR) is 108 cm³/mol. The third-order valence-electron chi connectivity index (χ3n) is 5.01. The lowest BCUT2D eigenvalue weighted by Crippen LogP contribution is -2.46. The van der Waals surface area contributed by atoms with Crippen molar-refractivity contribution in [1.82, 2.24) is 15.1 Å². The Balaban J connectivity index is 1.37. The summed E-state index contributed by atoms with van der Waals surface area (Å²) in [4.78, 5) is 4.74. The first-order chi connectivity index (χ1) is 13.1. The van der Waals surface area contributed by atoms with Crippen LogP contribution in [0.2, 0.25) is 5.02 Å². The SMILES string of the molecule is Cc1ccc(-c2nnc(CN3CCN(c4cc(Cl)ccc4C)CC3)o2)cc1. The van der Waals surface area contributed by atoms with E-state index >= 15 is 0 Å². The highest BCUT2D eigenvalue weighted by molar-refractivity contribution is 6.30. The Morgan fingerprint density at radius 1 is 0.963 bits per heavy atom. The summed E-state index contributed by atoms with van der Waals surface area (Å²) in [6.07, 6.45) is 0. The molecule has 0 amide bonds. The van der Waals surface area contributed by atoms with Crippen LogP contribution in [0, 0.1) is 13.8 Å². The second kappa shape index (κ2) is 7.71. The lowest BCUT2D eigenvalue weighted by atomic mass is 10.1. The molecule has 4 rings (SSSR count). The number of benzene rings is 2. The molecule has 27 heavy (non-hydrogen) atoms. The van der Waals surface area contributed by atoms with Gasteiger partial charge in [-0.15, -0.1) is 10.2 Å². The summed E-state index contributed by atoms with van der Waals surface area (Å²) in [6.45, 7) is 8.69. The minimum atomic E-state index is 0.582. The van der Waals surface area contributed by atoms with Crippen molar-refractivity contribution in [3.8, 4) is 11.5 Å². The van der Waals surface area contributed by atoms with Crippen molar-refractivity contribution in [2.24, 2.45) is 0 Å². The second-order valence-electron chi connectivity index (χ2n) is 7.06. The maximum absolute atomic E-state index is 6.17. The van der Waals surface area contributed by atoms with Crippen LogP contribution >= 0.6 is 11.6 Å². The molecule has 1 fully saturated rings. The van der Waals surface area contributed by atoms with Gasteiger partial charge in [-0.1, -0.05) is 35.4 Å². The van der Waals surface area contributed by atoms with Crippen molar-refractivity contribution < 1.29 is 4.42 Å². The summed E-state index contributed by atoms with van der Waals surface area (Å²) in [5.74, 6) is 1.25. The Kier molecular flexibility index (Phi) is 5.14. The van der Waals surface area contributed by atoms with E-state index in [0.717, 1.165) is 36.8 Å². The highest BCUT2D eigenvalue weighted by Gasteiger charge is 2.20. The van der Waals surface area contributed by atoms with Crippen LogP contribution in [0.4, 0.5) is 5.69 Å². The maximum Gasteiger partial charge on any atom is 0.247 e. The third kappa shape index (κ3) is 4.15. The molecule has 0 aliphatic carbocycles. The molecule has 0 spiro atoms. The molecule has 6 heteroatoms. The van der Waals surface area contributed by atoms with Crippen LogP contribution in [0.5, 0.6) is 0 Å². The Labute approximate surface area is 164 Å². The standard InChI is InChI=1S/C21H23ClN4O/c1-15-3-6-17(7-4-15)21-24-23-20(27-21)14-25-9-11-26(12-10-25)19-13-18(22)8-5-16(19)2/h3-8,13H,9-12,14H2,1-2H3. The number of halogens is 1. The highest BCUT2D eigenvalue weighted by Crippen LogP contribution is 2.26. The van der Waals surface area contributed by atoms with Crippen molar-refractivity contribution >= 4 is 17.3 Å². The molecule has 1 aromatic heterocycles. The Morgan fingerprint density at radius 2 is 1.70 bits per heavy atom. The lowest BCUT2D eigenvalue weighted by molar-refractivity contribution is 0.227. The van der Waals surface area contributed by atoms with Crippen LogP contribution < -0.4 is 4.90 Å². The molecule has 0 unspecified atom stereocenters. The fourth-order valence-electron chi connectivity index (χ4n) is 3.39. The number of hydrogen-bond donors (Lipinski definition) is 0. The van der Waals surface area contributed by atoms with E-state index in [0.29, 0.717) is 18.3 Å². The van der Waals surface area contributed by atoms with Crippen molar-refractivity contribution in [1.29, 1.82) is 0 Å². The average Bonchev–Trinajstić information content (AvgIpc) is 3.13. The zero-order chi connectivity index (χ0) is 18.8. The van der Waals surface area contributed by atoms with Gasteiger partial charge in [-0.3, -0.25) is 4.90 Å². The van der Waals surface area contributed by atoms with Gasteiger partial charge in [0.2, 0.25) is 11.8 Å². The maximum atomic E-state index is 6.17. The van der Waals surface area contributed by atoms with Gasteiger partial charge in [-0.05, 0) is 43.7 Å². The zero-order valence-corrected chi connectivity index (χ0v) is 16.4. The third-order valence-corrected chi connectivity index (χ3v) is 5.24. The Hall–Kier alpha value is -2.37. The number of anilines is 1. The summed E-state index contributed by atoms with van der Waals surface area (Å²) >= 11 is 6.17. The molecule has 1 saturated heterocycles. The number of aromatic nitrogens is 2. The average molecular weight is 383 g/mol. The number of aryl methyl sites for hydroxylation is 2. The molecular formula is C21H23ClN4O. The molecular weight excluding hydrogens is 360 g/mol. The van der Waals surface area contributed by atoms with E-state index in [1.54, 1.807) is 0 Å². The molecule has 0 saturated carbocycles. The molecule has 1 aliphatic rings. The summed E-state index contributed by atoms with van der Waals surface area (Å²) in [5.41, 5.74) is 4.65. The molecule has 0 atom stereocenters. The Morgan fingerprint density at radius 3 is 2.44 bits per heavy atom. The van der Waals surface area contributed by atoms with Gasteiger partial charge >= 0.3 is 0 Å². The van der Waals surface area contributed by atoms with Gasteiger partial charge in [-0.2, -0.15) is 0 Å². The normalized spacial score (nSPS) is 15.3. The van der Waals surface area contributed by atoms with Crippen molar-refractivity contribution in [3.63, 3.8) is 0 Å². The number of hydrogen-bond acceptors (Lipinski definition) is 5. The number of nitrogens with zero attached hydrogens (tertiary/aromatic N) is 4. The van der Waals surface area contributed by atoms with Gasteiger partial charge < -0.3 is 9.32 Å². The van der Waals surface area contributed by atoms with Gasteiger partial charge in [-0.25, -0.2) is 0 Å². The van der Waals surface area contributed by atoms with E-state index in [1.807, 2.05) is 18.2 Å². The largest absolute Gasteiger partial charge is 0.419 e. The topological polar surface area (TPSA) is 45.4 Å². The van der Waals surface area contributed by atoms with Crippen LogP contribution in [-0.4, -0.2) is 41.3 Å². The van der Waals surface area contributed by atoms with E-state index < -0.39 is 0 Å². The summed E-state index contributed by atoms with van der Waals surface area (Å²) in [6, 6.07) is 14.2. The summed E-state index contributed by atoms with van der Waals surface area (Å²) < 4.78 is 5.86. The monoisotopic (exact) mass is 382 g/mol. The highest BCUT2D eigenvalue weighted by atomic mass is 35.5. The van der Waals surface area contributed by atoms with Crippen molar-refractivity contribution in [2.45, 2.75) is 20.4 Å². The first-order valence-corrected chi connectivity index (χ1v) is 9.59. The van der Waals surface area contributed by atoms with Gasteiger partial charge in [0.1, 0.15) is 0 Å². The second-order valence-corrected chi connectivity index (χ2v) is 7.50. The zero-order valence-electron chi connectivity index (χ0n) is 15.7. The van der Waals surface area contributed by atoms with Gasteiger partial charge in [0.05, 0.1) is 6.54 Å². The van der Waals surface area contributed by atoms with E-state index in [2.05, 4.69) is 58.1 Å². The molecule has 5 nitrogen and oxygen atoms in total. The minimum Gasteiger partial charge on any atom is -0.419 e. The summed E-state index contributed by atoms with van der Waals surface area (Å²) in [5, 5.41) is 9.20. The van der Waals surface area contributed by atoms with Gasteiger partial charge in [0.15, 0.2) is 0 Å². The lowest BCUT2D eigenvalue weighted by Gasteiger charge is -2.36. The van der Waals surface area contributed by atoms with E-state index in [-0.39, 0.29) is 0 Å². The number of rotatable bonds is 4. The molecule has 2 aromatic carbocycles. The number of piperazine rings is 1. The van der Waals surface area contributed by atoms with E-state index in [9.17, 15) is 0 Å². The molecule has 0 N–H and O–H groups in total. The first-order valence-electron chi connectivity index (χ1n) is 9.21. The smallest absolute Gasteiger partial charge is 0.247 e. The fourth-order valence-corrected chi connectivity index (χ4v) is 3.56. The summed E-state index contributed by atoms with van der Waals surface area (Å²) in [7, 11) is 0. The predicted octanol–water partition coefficient (Wildman–Crippen LogP) is 4.33. The molecule has 0 radical (unpaired) electrons. The Bertz CT molecular complexity index is 914. The van der Waals surface area contributed by atoms with E-state index in [1.165, 1.54) is 16.8 Å². The van der Waals surface area contributed by atoms with Crippen LogP contribution in [0.3, 0.4) is 0 Å². The van der Waals surface area contributed by atoms with Crippen LogP contribution in [0.1, 0.15) is 17.0 Å². The quantitative estimate of drug-likeness (QED) is 0.672. The van der Waals surface area contributed by atoms with Gasteiger partial charge in [0, 0.05) is 42.5 Å². The minimum absolute atomic E-state index is 0.582. The molecule has 1 aliphatic heterocycles. The molecule has 140 valence electrons. The van der Waals surface area contributed by atoms with Crippen LogP contribution in [0.25, 0.3) is 11.5 Å².